The molecular weight excluding hydrogens is 124 g/mol. The zero-order valence-electron chi connectivity index (χ0n) is 5.75. The third-order valence-electron chi connectivity index (χ3n) is 1.35. The molecule has 0 fully saturated rings. The van der Waals surface area contributed by atoms with E-state index < -0.39 is 0 Å². The van der Waals surface area contributed by atoms with E-state index in [0.29, 0.717) is 0 Å². The maximum atomic E-state index is 8.39. The first-order chi connectivity index (χ1) is 4.93. The van der Waals surface area contributed by atoms with E-state index in [-0.39, 0.29) is 0 Å². The maximum absolute atomic E-state index is 8.39. The minimum absolute atomic E-state index is 0.726. The van der Waals surface area contributed by atoms with Crippen LogP contribution in [0.25, 0.3) is 0 Å². The Bertz CT molecular complexity index is 197. The topological polar surface area (TPSA) is 21.4 Å². The lowest BCUT2D eigenvalue weighted by Crippen LogP contribution is -1.82. The van der Waals surface area contributed by atoms with Crippen LogP contribution in [0.1, 0.15) is 12.8 Å². The molecule has 0 atom stereocenters. The molecule has 0 aromatic carbocycles. The summed E-state index contributed by atoms with van der Waals surface area (Å²) in [5.74, 6) is 0. The Morgan fingerprint density at radius 3 is 3.10 bits per heavy atom. The quantitative estimate of drug-likeness (QED) is 0.319. The van der Waals surface area contributed by atoms with Crippen LogP contribution in [0.5, 0.6) is 0 Å². The van der Waals surface area contributed by atoms with Gasteiger partial charge in [0.25, 0.3) is 6.29 Å². The molecule has 0 radical (unpaired) electrons. The van der Waals surface area contributed by atoms with Crippen molar-refractivity contribution in [2.24, 2.45) is 0 Å². The van der Waals surface area contributed by atoms with E-state index in [9.17, 15) is 0 Å². The Balaban J connectivity index is 2.41. The zero-order valence-corrected chi connectivity index (χ0v) is 5.75. The SMILES string of the molecule is [OH+]=CCCC1=CC=[C+]C=C1. The second kappa shape index (κ2) is 3.76. The molecule has 10 heavy (non-hydrogen) atoms. The van der Waals surface area contributed by atoms with Crippen molar-refractivity contribution in [3.63, 3.8) is 0 Å². The highest BCUT2D eigenvalue weighted by molar-refractivity contribution is 5.51. The molecule has 0 unspecified atom stereocenters. The molecule has 50 valence electrons. The van der Waals surface area contributed by atoms with Crippen LogP contribution in [-0.4, -0.2) is 11.1 Å². The Labute approximate surface area is 60.7 Å². The molecule has 0 aliphatic heterocycles. The van der Waals surface area contributed by atoms with Gasteiger partial charge in [0.1, 0.15) is 12.2 Å². The fourth-order valence-corrected chi connectivity index (χ4v) is 0.819. The van der Waals surface area contributed by atoms with Crippen LogP contribution in [0, 0.1) is 6.08 Å². The maximum Gasteiger partial charge on any atom is 0.282 e. The zero-order chi connectivity index (χ0) is 7.23. The van der Waals surface area contributed by atoms with Gasteiger partial charge in [-0.2, -0.15) is 0 Å². The van der Waals surface area contributed by atoms with Gasteiger partial charge in [0.15, 0.2) is 0 Å². The third kappa shape index (κ3) is 1.96. The summed E-state index contributed by atoms with van der Waals surface area (Å²) in [5, 5.41) is 0. The van der Waals surface area contributed by atoms with Gasteiger partial charge in [-0.25, -0.2) is 0 Å². The number of allylic oxidation sites excluding steroid dienone is 6. The van der Waals surface area contributed by atoms with Crippen molar-refractivity contribution in [2.45, 2.75) is 12.8 Å². The van der Waals surface area contributed by atoms with Crippen molar-refractivity contribution in [2.75, 3.05) is 0 Å². The second-order valence-electron chi connectivity index (χ2n) is 2.13. The molecule has 0 saturated heterocycles. The largest absolute Gasteiger partial charge is 0.287 e. The van der Waals surface area contributed by atoms with Crippen molar-refractivity contribution in [3.05, 3.63) is 36.0 Å². The van der Waals surface area contributed by atoms with Crippen molar-refractivity contribution >= 4 is 6.29 Å². The minimum atomic E-state index is 0.726. The average molecular weight is 134 g/mol. The molecule has 1 N–H and O–H groups in total. The first kappa shape index (κ1) is 6.91. The summed E-state index contributed by atoms with van der Waals surface area (Å²) in [4.78, 5) is 8.39. The lowest BCUT2D eigenvalue weighted by Gasteiger charge is -1.88. The monoisotopic (exact) mass is 134 g/mol. The summed E-state index contributed by atoms with van der Waals surface area (Å²) >= 11 is 0. The summed E-state index contributed by atoms with van der Waals surface area (Å²) in [6.07, 6.45) is 13.5. The first-order valence-corrected chi connectivity index (χ1v) is 3.34. The van der Waals surface area contributed by atoms with Crippen LogP contribution in [0.15, 0.2) is 29.9 Å². The van der Waals surface area contributed by atoms with Crippen molar-refractivity contribution in [1.82, 2.24) is 0 Å². The van der Waals surface area contributed by atoms with E-state index in [0.717, 1.165) is 12.8 Å². The summed E-state index contributed by atoms with van der Waals surface area (Å²) in [6, 6.07) is 0. The van der Waals surface area contributed by atoms with Gasteiger partial charge >= 0.3 is 0 Å². The Morgan fingerprint density at radius 2 is 2.50 bits per heavy atom. The van der Waals surface area contributed by atoms with E-state index in [1.54, 1.807) is 0 Å². The molecule has 1 heteroatoms. The van der Waals surface area contributed by atoms with Gasteiger partial charge < -0.3 is 0 Å². The molecular formula is C9H10O+2. The van der Waals surface area contributed by atoms with Crippen LogP contribution in [-0.2, 0) is 0 Å². The van der Waals surface area contributed by atoms with Gasteiger partial charge in [0.05, 0.1) is 24.1 Å². The lowest BCUT2D eigenvalue weighted by molar-refractivity contribution is 0.678. The predicted molar refractivity (Wildman–Crippen MR) is 42.3 cm³/mol. The van der Waals surface area contributed by atoms with E-state index in [1.807, 2.05) is 24.3 Å². The minimum Gasteiger partial charge on any atom is -0.287 e. The highest BCUT2D eigenvalue weighted by Gasteiger charge is 2.01. The van der Waals surface area contributed by atoms with Crippen molar-refractivity contribution in [1.29, 1.82) is 0 Å². The van der Waals surface area contributed by atoms with Gasteiger partial charge in [-0.1, -0.05) is 0 Å². The number of hydrogen-bond acceptors (Lipinski definition) is 0. The predicted octanol–water partition coefficient (Wildman–Crippen LogP) is 1.80. The molecule has 1 rings (SSSR count). The normalized spacial score (nSPS) is 14.2. The number of aldehydes is 1. The van der Waals surface area contributed by atoms with Crippen LogP contribution in [0.3, 0.4) is 0 Å². The molecule has 1 aliphatic carbocycles. The van der Waals surface area contributed by atoms with Gasteiger partial charge in [-0.05, 0) is 0 Å². The summed E-state index contributed by atoms with van der Waals surface area (Å²) < 4.78 is 0. The summed E-state index contributed by atoms with van der Waals surface area (Å²) in [7, 11) is 0. The molecule has 1 aliphatic rings. The fraction of sp³-hybridized carbons (Fsp3) is 0.222. The summed E-state index contributed by atoms with van der Waals surface area (Å²) in [6.45, 7) is 0. The van der Waals surface area contributed by atoms with Gasteiger partial charge in [-0.15, -0.1) is 0 Å². The smallest absolute Gasteiger partial charge is 0.282 e. The van der Waals surface area contributed by atoms with Gasteiger partial charge in [-0.3, -0.25) is 4.79 Å². The number of hydrogen-bond donors (Lipinski definition) is 0. The average Bonchev–Trinajstić information content (AvgIpc) is 2.03. The highest BCUT2D eigenvalue weighted by Crippen LogP contribution is 2.08. The Kier molecular flexibility index (Phi) is 2.60. The van der Waals surface area contributed by atoms with E-state index in [1.165, 1.54) is 11.9 Å². The molecule has 0 saturated carbocycles. The highest BCUT2D eigenvalue weighted by atomic mass is 16.1. The lowest BCUT2D eigenvalue weighted by atomic mass is 10.1. The van der Waals surface area contributed by atoms with Gasteiger partial charge in [0, 0.05) is 12.5 Å². The Hall–Kier alpha value is -1.20. The molecule has 0 amide bonds. The first-order valence-electron chi connectivity index (χ1n) is 3.34. The molecule has 0 aromatic heterocycles. The van der Waals surface area contributed by atoms with Crippen LogP contribution in [0.2, 0.25) is 0 Å². The molecule has 0 heterocycles. The van der Waals surface area contributed by atoms with Crippen LogP contribution >= 0.6 is 0 Å². The molecule has 1 nitrogen and oxygen atoms in total. The number of carbonyl (C=O) groups excluding carboxylic acids is 1. The van der Waals surface area contributed by atoms with Crippen molar-refractivity contribution < 1.29 is 4.79 Å². The van der Waals surface area contributed by atoms with Crippen molar-refractivity contribution in [3.8, 4) is 0 Å². The fourth-order valence-electron chi connectivity index (χ4n) is 0.819. The number of rotatable bonds is 3. The van der Waals surface area contributed by atoms with Gasteiger partial charge in [0.2, 0.25) is 0 Å². The molecule has 0 bridgehead atoms. The molecule has 0 aromatic rings. The standard InChI is InChI=1S/C9H9O/c10-8-4-7-9-5-2-1-3-6-9/h2-3,5-6,8H,4,7H2/q+1/p+1. The Morgan fingerprint density at radius 1 is 1.60 bits per heavy atom. The van der Waals surface area contributed by atoms with Crippen LogP contribution in [0.4, 0.5) is 0 Å². The molecule has 0 spiro atoms. The third-order valence-corrected chi connectivity index (χ3v) is 1.35. The second-order valence-corrected chi connectivity index (χ2v) is 2.13. The van der Waals surface area contributed by atoms with Crippen LogP contribution < -0.4 is 0 Å². The summed E-state index contributed by atoms with van der Waals surface area (Å²) in [5.41, 5.74) is 1.24. The van der Waals surface area contributed by atoms with E-state index in [4.69, 9.17) is 4.79 Å². The van der Waals surface area contributed by atoms with E-state index in [2.05, 4.69) is 6.08 Å². The van der Waals surface area contributed by atoms with E-state index >= 15 is 0 Å².